The number of rotatable bonds is 3. The maximum Gasteiger partial charge on any atom is 0.271 e. The van der Waals surface area contributed by atoms with E-state index < -0.39 is 23.2 Å². The van der Waals surface area contributed by atoms with Crippen molar-refractivity contribution in [2.75, 3.05) is 0 Å². The molecule has 1 aromatic carbocycles. The summed E-state index contributed by atoms with van der Waals surface area (Å²) < 4.78 is 0.610. The highest BCUT2D eigenvalue weighted by Crippen LogP contribution is 2.35. The second-order valence-corrected chi connectivity index (χ2v) is 5.82. The lowest BCUT2D eigenvalue weighted by Gasteiger charge is -2.05. The number of amides is 1. The third-order valence-corrected chi connectivity index (χ3v) is 3.93. The van der Waals surface area contributed by atoms with Crippen LogP contribution in [0.1, 0.15) is 22.2 Å². The summed E-state index contributed by atoms with van der Waals surface area (Å²) in [7, 11) is 0. The van der Waals surface area contributed by atoms with Crippen molar-refractivity contribution in [3.05, 3.63) is 39.0 Å². The maximum absolute atomic E-state index is 11.9. The molecule has 0 atom stereocenters. The van der Waals surface area contributed by atoms with Crippen LogP contribution < -0.4 is 5.43 Å². The van der Waals surface area contributed by atoms with Gasteiger partial charge in [0, 0.05) is 5.56 Å². The summed E-state index contributed by atoms with van der Waals surface area (Å²) in [6, 6.07) is 5.54. The number of carbonyl (C=O) groups is 1. The van der Waals surface area contributed by atoms with Crippen LogP contribution in [0.3, 0.4) is 0 Å². The van der Waals surface area contributed by atoms with Crippen molar-refractivity contribution in [1.82, 2.24) is 5.43 Å². The van der Waals surface area contributed by atoms with Crippen LogP contribution in [-0.2, 0) is 0 Å². The van der Waals surface area contributed by atoms with E-state index in [4.69, 9.17) is 11.6 Å². The van der Waals surface area contributed by atoms with Crippen molar-refractivity contribution in [2.24, 2.45) is 5.10 Å². The van der Waals surface area contributed by atoms with Crippen LogP contribution in [-0.4, -0.2) is 26.9 Å². The summed E-state index contributed by atoms with van der Waals surface area (Å²) in [5, 5.41) is 31.8. The molecule has 0 saturated carbocycles. The molecule has 1 amide bonds. The summed E-state index contributed by atoms with van der Waals surface area (Å²) >= 11 is 7.13. The van der Waals surface area contributed by atoms with E-state index in [0.29, 0.717) is 10.0 Å². The number of aromatic hydroxyl groups is 3. The number of phenols is 3. The van der Waals surface area contributed by atoms with Crippen molar-refractivity contribution in [1.29, 1.82) is 0 Å². The largest absolute Gasteiger partial charge is 0.504 e. The minimum Gasteiger partial charge on any atom is -0.504 e. The Morgan fingerprint density at radius 1 is 1.24 bits per heavy atom. The summed E-state index contributed by atoms with van der Waals surface area (Å²) in [6.45, 7) is 1.70. The van der Waals surface area contributed by atoms with Gasteiger partial charge in [0.1, 0.15) is 0 Å². The Morgan fingerprint density at radius 2 is 1.86 bits per heavy atom. The van der Waals surface area contributed by atoms with Gasteiger partial charge < -0.3 is 15.3 Å². The quantitative estimate of drug-likeness (QED) is 0.395. The molecule has 0 bridgehead atoms. The number of halogens is 1. The smallest absolute Gasteiger partial charge is 0.271 e. The van der Waals surface area contributed by atoms with Crippen molar-refractivity contribution < 1.29 is 20.1 Å². The van der Waals surface area contributed by atoms with Gasteiger partial charge in [-0.2, -0.15) is 5.10 Å². The van der Waals surface area contributed by atoms with Crippen LogP contribution in [0.25, 0.3) is 0 Å². The van der Waals surface area contributed by atoms with Crippen LogP contribution in [0.5, 0.6) is 17.2 Å². The van der Waals surface area contributed by atoms with E-state index in [-0.39, 0.29) is 5.56 Å². The molecule has 0 aliphatic carbocycles. The van der Waals surface area contributed by atoms with E-state index in [9.17, 15) is 20.1 Å². The minimum atomic E-state index is -0.681. The monoisotopic (exact) mass is 326 g/mol. The first kappa shape index (κ1) is 15.1. The number of nitrogens with one attached hydrogen (secondary N) is 1. The topological polar surface area (TPSA) is 102 Å². The van der Waals surface area contributed by atoms with Crippen molar-refractivity contribution >= 4 is 34.6 Å². The Hall–Kier alpha value is -2.25. The lowest BCUT2D eigenvalue weighted by molar-refractivity contribution is 0.0954. The summed E-state index contributed by atoms with van der Waals surface area (Å²) in [6.07, 6.45) is 0. The molecule has 8 heteroatoms. The fourth-order valence-electron chi connectivity index (χ4n) is 1.50. The van der Waals surface area contributed by atoms with Crippen LogP contribution in [0, 0.1) is 0 Å². The highest BCUT2D eigenvalue weighted by atomic mass is 35.5. The average molecular weight is 327 g/mol. The first-order valence-corrected chi connectivity index (χ1v) is 6.93. The molecule has 0 radical (unpaired) electrons. The summed E-state index contributed by atoms with van der Waals surface area (Å²) in [4.78, 5) is 12.7. The Kier molecular flexibility index (Phi) is 4.35. The van der Waals surface area contributed by atoms with Gasteiger partial charge in [0.2, 0.25) is 0 Å². The van der Waals surface area contributed by atoms with E-state index in [1.54, 1.807) is 19.1 Å². The predicted molar refractivity (Wildman–Crippen MR) is 80.4 cm³/mol. The molecule has 0 saturated heterocycles. The molecule has 0 unspecified atom stereocenters. The molecule has 110 valence electrons. The van der Waals surface area contributed by atoms with Crippen LogP contribution in [0.4, 0.5) is 0 Å². The first-order chi connectivity index (χ1) is 9.88. The molecule has 1 heterocycles. The molecular formula is C13H11ClN2O4S. The first-order valence-electron chi connectivity index (χ1n) is 5.73. The fourth-order valence-corrected chi connectivity index (χ4v) is 2.49. The van der Waals surface area contributed by atoms with Gasteiger partial charge in [0.15, 0.2) is 17.2 Å². The van der Waals surface area contributed by atoms with Crippen LogP contribution in [0.15, 0.2) is 29.4 Å². The molecule has 21 heavy (non-hydrogen) atoms. The molecule has 2 rings (SSSR count). The lowest BCUT2D eigenvalue weighted by Crippen LogP contribution is -2.19. The molecule has 2 aromatic rings. The minimum absolute atomic E-state index is 0.0384. The van der Waals surface area contributed by atoms with Gasteiger partial charge in [-0.05, 0) is 31.2 Å². The van der Waals surface area contributed by atoms with Gasteiger partial charge in [-0.25, -0.2) is 5.43 Å². The number of hydrogen-bond acceptors (Lipinski definition) is 6. The van der Waals surface area contributed by atoms with E-state index in [0.717, 1.165) is 17.0 Å². The molecule has 0 aliphatic heterocycles. The van der Waals surface area contributed by atoms with E-state index in [1.165, 1.54) is 11.3 Å². The maximum atomic E-state index is 11.9. The fraction of sp³-hybridized carbons (Fsp3) is 0.0769. The van der Waals surface area contributed by atoms with Gasteiger partial charge in [-0.3, -0.25) is 4.79 Å². The molecule has 4 N–H and O–H groups in total. The standard InChI is InChI=1S/C13H11ClN2O4S/c1-6(10-2-3-11(14)21-10)15-16-13(20)7-4-8(17)12(19)9(18)5-7/h2-5,17-19H,1H3,(H,16,20)/b15-6+. The number of carbonyl (C=O) groups excluding carboxylic acids is 1. The van der Waals surface area contributed by atoms with Gasteiger partial charge in [-0.15, -0.1) is 11.3 Å². The van der Waals surface area contributed by atoms with Crippen molar-refractivity contribution in [3.63, 3.8) is 0 Å². The highest BCUT2D eigenvalue weighted by molar-refractivity contribution is 7.18. The SMILES string of the molecule is C/C(=N\NC(=O)c1cc(O)c(O)c(O)c1)c1ccc(Cl)s1. The van der Waals surface area contributed by atoms with E-state index >= 15 is 0 Å². The third-order valence-electron chi connectivity index (χ3n) is 2.59. The summed E-state index contributed by atoms with van der Waals surface area (Å²) in [5.74, 6) is -2.50. The third kappa shape index (κ3) is 3.45. The number of benzene rings is 1. The zero-order chi connectivity index (χ0) is 15.6. The van der Waals surface area contributed by atoms with Crippen molar-refractivity contribution in [2.45, 2.75) is 6.92 Å². The summed E-state index contributed by atoms with van der Waals surface area (Å²) in [5.41, 5.74) is 2.81. The molecular weight excluding hydrogens is 316 g/mol. The zero-order valence-corrected chi connectivity index (χ0v) is 12.4. The second-order valence-electron chi connectivity index (χ2n) is 4.11. The van der Waals surface area contributed by atoms with Crippen molar-refractivity contribution in [3.8, 4) is 17.2 Å². The lowest BCUT2D eigenvalue weighted by atomic mass is 10.2. The van der Waals surface area contributed by atoms with Crippen LogP contribution >= 0.6 is 22.9 Å². The zero-order valence-electron chi connectivity index (χ0n) is 10.8. The predicted octanol–water partition coefficient (Wildman–Crippen LogP) is 2.67. The Morgan fingerprint density at radius 3 is 2.38 bits per heavy atom. The molecule has 1 aromatic heterocycles. The Labute approximate surface area is 128 Å². The van der Waals surface area contributed by atoms with Crippen LogP contribution in [0.2, 0.25) is 4.34 Å². The van der Waals surface area contributed by atoms with Gasteiger partial charge in [-0.1, -0.05) is 11.6 Å². The molecule has 0 aliphatic rings. The van der Waals surface area contributed by atoms with Gasteiger partial charge in [0.25, 0.3) is 5.91 Å². The second kappa shape index (κ2) is 6.02. The average Bonchev–Trinajstić information content (AvgIpc) is 2.87. The number of hydrazone groups is 1. The number of hydrogen-bond donors (Lipinski definition) is 4. The molecule has 6 nitrogen and oxygen atoms in total. The molecule has 0 spiro atoms. The highest BCUT2D eigenvalue weighted by Gasteiger charge is 2.13. The Balaban J connectivity index is 2.15. The number of phenolic OH excluding ortho intramolecular Hbond substituents is 3. The number of thiophene rings is 1. The van der Waals surface area contributed by atoms with E-state index in [2.05, 4.69) is 10.5 Å². The normalized spacial score (nSPS) is 11.4. The van der Waals surface area contributed by atoms with E-state index in [1.807, 2.05) is 0 Å². The molecule has 0 fully saturated rings. The Bertz CT molecular complexity index is 704. The van der Waals surface area contributed by atoms with Gasteiger partial charge >= 0.3 is 0 Å². The number of nitrogens with zero attached hydrogens (tertiary/aromatic N) is 1. The van der Waals surface area contributed by atoms with Gasteiger partial charge in [0.05, 0.1) is 14.9 Å².